The van der Waals surface area contributed by atoms with Gasteiger partial charge >= 0.3 is 6.18 Å². The summed E-state index contributed by atoms with van der Waals surface area (Å²) >= 11 is 0. The Labute approximate surface area is 164 Å². The molecule has 0 radical (unpaired) electrons. The Morgan fingerprint density at radius 1 is 1.28 bits per heavy atom. The van der Waals surface area contributed by atoms with E-state index < -0.39 is 23.4 Å². The van der Waals surface area contributed by atoms with Crippen LogP contribution in [0, 0.1) is 11.7 Å². The third-order valence-electron chi connectivity index (χ3n) is 5.01. The molecule has 4 rings (SSSR count). The van der Waals surface area contributed by atoms with Crippen molar-refractivity contribution in [1.82, 2.24) is 24.7 Å². The summed E-state index contributed by atoms with van der Waals surface area (Å²) in [6.45, 7) is 1.48. The summed E-state index contributed by atoms with van der Waals surface area (Å²) in [5.41, 5.74) is -0.370. The number of hydrogen-bond acceptors (Lipinski definition) is 5. The molecule has 0 bridgehead atoms. The molecular weight excluding hydrogens is 390 g/mol. The van der Waals surface area contributed by atoms with Crippen molar-refractivity contribution in [2.45, 2.75) is 25.4 Å². The summed E-state index contributed by atoms with van der Waals surface area (Å²) in [7, 11) is 1.14. The highest BCUT2D eigenvalue weighted by atomic mass is 19.4. The van der Waals surface area contributed by atoms with Crippen LogP contribution in [-0.2, 0) is 12.6 Å². The molecule has 1 saturated heterocycles. The first-order chi connectivity index (χ1) is 13.9. The number of imidazole rings is 1. The van der Waals surface area contributed by atoms with E-state index in [1.165, 1.54) is 28.9 Å². The second kappa shape index (κ2) is 7.58. The van der Waals surface area contributed by atoms with E-state index in [0.29, 0.717) is 12.2 Å². The Kier molecular flexibility index (Phi) is 5.12. The van der Waals surface area contributed by atoms with Crippen molar-refractivity contribution < 1.29 is 22.3 Å². The van der Waals surface area contributed by atoms with Crippen LogP contribution in [0.2, 0.25) is 0 Å². The molecule has 0 saturated carbocycles. The number of halogens is 4. The number of alkyl halides is 3. The lowest BCUT2D eigenvalue weighted by atomic mass is 9.93. The van der Waals surface area contributed by atoms with E-state index in [-0.39, 0.29) is 29.6 Å². The number of fused-ring (bicyclic) bond motifs is 1. The number of hydrogen-bond donors (Lipinski definition) is 1. The number of piperidine rings is 1. The highest BCUT2D eigenvalue weighted by molar-refractivity contribution is 5.58. The summed E-state index contributed by atoms with van der Waals surface area (Å²) in [6.07, 6.45) is -0.217. The predicted molar refractivity (Wildman–Crippen MR) is 97.0 cm³/mol. The highest BCUT2D eigenvalue weighted by Gasteiger charge is 2.40. The normalized spacial score (nSPS) is 17.6. The zero-order valence-electron chi connectivity index (χ0n) is 15.6. The topological polar surface area (TPSA) is 64.3 Å². The minimum Gasteiger partial charge on any atom is -0.480 e. The van der Waals surface area contributed by atoms with Crippen LogP contribution >= 0.6 is 0 Å². The van der Waals surface area contributed by atoms with Crippen LogP contribution in [0.5, 0.6) is 5.88 Å². The SMILES string of the molecule is COc1nc(-c2cnc3ccc(F)cn23)nc(C[C@@H]2CCCNC2)c1C(F)(F)F. The van der Waals surface area contributed by atoms with Crippen molar-refractivity contribution in [1.29, 1.82) is 0 Å². The van der Waals surface area contributed by atoms with Crippen LogP contribution in [-0.4, -0.2) is 39.6 Å². The van der Waals surface area contributed by atoms with Gasteiger partial charge in [-0.2, -0.15) is 18.2 Å². The van der Waals surface area contributed by atoms with E-state index in [9.17, 15) is 17.6 Å². The van der Waals surface area contributed by atoms with Gasteiger partial charge in [0.05, 0.1) is 19.0 Å². The zero-order valence-corrected chi connectivity index (χ0v) is 15.6. The molecule has 6 nitrogen and oxygen atoms in total. The maximum atomic E-state index is 13.8. The lowest BCUT2D eigenvalue weighted by Gasteiger charge is -2.24. The van der Waals surface area contributed by atoms with Gasteiger partial charge in [0.2, 0.25) is 5.88 Å². The molecule has 29 heavy (non-hydrogen) atoms. The summed E-state index contributed by atoms with van der Waals surface area (Å²) in [6, 6.07) is 2.72. The molecule has 1 fully saturated rings. The molecule has 1 aliphatic heterocycles. The monoisotopic (exact) mass is 409 g/mol. The average Bonchev–Trinajstić information content (AvgIpc) is 3.10. The predicted octanol–water partition coefficient (Wildman–Crippen LogP) is 3.50. The molecule has 0 amide bonds. The molecule has 0 spiro atoms. The van der Waals surface area contributed by atoms with Crippen molar-refractivity contribution in [2.24, 2.45) is 5.92 Å². The molecular formula is C19H19F4N5O. The number of aromatic nitrogens is 4. The molecule has 1 aliphatic rings. The molecule has 0 aliphatic carbocycles. The Morgan fingerprint density at radius 2 is 2.10 bits per heavy atom. The minimum absolute atomic E-state index is 0.00622. The number of pyridine rings is 1. The first-order valence-electron chi connectivity index (χ1n) is 9.22. The van der Waals surface area contributed by atoms with Crippen molar-refractivity contribution in [3.05, 3.63) is 41.6 Å². The van der Waals surface area contributed by atoms with Gasteiger partial charge in [-0.05, 0) is 50.4 Å². The zero-order chi connectivity index (χ0) is 20.6. The van der Waals surface area contributed by atoms with Crippen LogP contribution in [0.15, 0.2) is 24.5 Å². The number of nitrogens with zero attached hydrogens (tertiary/aromatic N) is 4. The second-order valence-electron chi connectivity index (χ2n) is 7.01. The second-order valence-corrected chi connectivity index (χ2v) is 7.01. The maximum absolute atomic E-state index is 13.8. The highest BCUT2D eigenvalue weighted by Crippen LogP contribution is 2.39. The van der Waals surface area contributed by atoms with Gasteiger partial charge in [0.15, 0.2) is 5.82 Å². The average molecular weight is 409 g/mol. The fourth-order valence-corrected chi connectivity index (χ4v) is 3.67. The van der Waals surface area contributed by atoms with Gasteiger partial charge < -0.3 is 10.1 Å². The third kappa shape index (κ3) is 3.89. The molecule has 0 unspecified atom stereocenters. The van der Waals surface area contributed by atoms with E-state index in [4.69, 9.17) is 4.74 Å². The lowest BCUT2D eigenvalue weighted by molar-refractivity contribution is -0.140. The molecule has 1 atom stereocenters. The van der Waals surface area contributed by atoms with E-state index >= 15 is 0 Å². The van der Waals surface area contributed by atoms with E-state index in [1.807, 2.05) is 0 Å². The van der Waals surface area contributed by atoms with E-state index in [1.54, 1.807) is 0 Å². The molecule has 3 aromatic rings. The fourth-order valence-electron chi connectivity index (χ4n) is 3.67. The number of nitrogens with one attached hydrogen (secondary N) is 1. The van der Waals surface area contributed by atoms with Crippen molar-refractivity contribution in [3.63, 3.8) is 0 Å². The molecule has 1 N–H and O–H groups in total. The largest absolute Gasteiger partial charge is 0.480 e. The lowest BCUT2D eigenvalue weighted by Crippen LogP contribution is -2.31. The fraction of sp³-hybridized carbons (Fsp3) is 0.421. The first kappa shape index (κ1) is 19.6. The molecule has 4 heterocycles. The van der Waals surface area contributed by atoms with Crippen LogP contribution in [0.25, 0.3) is 17.2 Å². The first-order valence-corrected chi connectivity index (χ1v) is 9.22. The Bertz CT molecular complexity index is 1030. The van der Waals surface area contributed by atoms with Gasteiger partial charge in [0.25, 0.3) is 0 Å². The standard InChI is InChI=1S/C19H19F4N5O/c1-29-18-16(19(21,22)23)13(7-11-3-2-6-24-8-11)26-17(27-18)14-9-25-15-5-4-12(20)10-28(14)15/h4-5,9-11,24H,2-3,6-8H2,1H3/t11-/m0/s1. The van der Waals surface area contributed by atoms with Crippen LogP contribution in [0.1, 0.15) is 24.1 Å². The number of rotatable bonds is 4. The van der Waals surface area contributed by atoms with Gasteiger partial charge in [0, 0.05) is 6.20 Å². The van der Waals surface area contributed by atoms with E-state index in [0.717, 1.165) is 26.5 Å². The van der Waals surface area contributed by atoms with Crippen molar-refractivity contribution >= 4 is 5.65 Å². The molecule has 3 aromatic heterocycles. The Morgan fingerprint density at radius 3 is 2.79 bits per heavy atom. The van der Waals surface area contributed by atoms with Gasteiger partial charge in [0.1, 0.15) is 22.7 Å². The maximum Gasteiger partial charge on any atom is 0.423 e. The van der Waals surface area contributed by atoms with E-state index in [2.05, 4.69) is 20.3 Å². The molecule has 154 valence electrons. The van der Waals surface area contributed by atoms with Crippen LogP contribution < -0.4 is 10.1 Å². The van der Waals surface area contributed by atoms with Gasteiger partial charge in [-0.3, -0.25) is 4.40 Å². The quantitative estimate of drug-likeness (QED) is 0.669. The Balaban J connectivity index is 1.86. The summed E-state index contributed by atoms with van der Waals surface area (Å²) in [5, 5.41) is 3.20. The third-order valence-corrected chi connectivity index (χ3v) is 5.01. The molecule has 0 aromatic carbocycles. The minimum atomic E-state index is -4.66. The van der Waals surface area contributed by atoms with Crippen LogP contribution in [0.4, 0.5) is 17.6 Å². The van der Waals surface area contributed by atoms with Crippen molar-refractivity contribution in [2.75, 3.05) is 20.2 Å². The summed E-state index contributed by atoms with van der Waals surface area (Å²) in [5.74, 6) is -1.03. The van der Waals surface area contributed by atoms with Gasteiger partial charge in [-0.1, -0.05) is 0 Å². The van der Waals surface area contributed by atoms with Gasteiger partial charge in [-0.25, -0.2) is 14.4 Å². The summed E-state index contributed by atoms with van der Waals surface area (Å²) in [4.78, 5) is 12.4. The smallest absolute Gasteiger partial charge is 0.423 e. The Hall–Kier alpha value is -2.75. The van der Waals surface area contributed by atoms with Gasteiger partial charge in [-0.15, -0.1) is 0 Å². The number of ether oxygens (including phenoxy) is 1. The van der Waals surface area contributed by atoms with Crippen molar-refractivity contribution in [3.8, 4) is 17.4 Å². The molecule has 10 heteroatoms. The summed E-state index contributed by atoms with van der Waals surface area (Å²) < 4.78 is 61.4. The number of methoxy groups -OCH3 is 1. The van der Waals surface area contributed by atoms with Crippen LogP contribution in [0.3, 0.4) is 0 Å².